The Balaban J connectivity index is 2.28. The van der Waals surface area contributed by atoms with Crippen LogP contribution in [0.4, 0.5) is 5.69 Å². The Morgan fingerprint density at radius 2 is 1.93 bits per heavy atom. The molecule has 0 radical (unpaired) electrons. The van der Waals surface area contributed by atoms with Gasteiger partial charge in [-0.2, -0.15) is 0 Å². The molecule has 0 spiro atoms. The van der Waals surface area contributed by atoms with Crippen molar-refractivity contribution in [2.45, 2.75) is 6.92 Å². The van der Waals surface area contributed by atoms with Crippen molar-refractivity contribution in [1.82, 2.24) is 4.90 Å². The Hall–Kier alpha value is -0.540. The van der Waals surface area contributed by atoms with E-state index in [1.54, 1.807) is 0 Å². The van der Waals surface area contributed by atoms with E-state index in [4.69, 9.17) is 0 Å². The van der Waals surface area contributed by atoms with E-state index in [1.165, 1.54) is 5.69 Å². The van der Waals surface area contributed by atoms with Gasteiger partial charge in [0, 0.05) is 23.2 Å². The molecule has 0 fully saturated rings. The second-order valence-corrected chi connectivity index (χ2v) is 4.25. The SMILES string of the molecule is CCN(C)CCNc1ccc(Br)cc1. The average Bonchev–Trinajstić information content (AvgIpc) is 2.21. The number of anilines is 1. The van der Waals surface area contributed by atoms with E-state index in [2.05, 4.69) is 52.3 Å². The topological polar surface area (TPSA) is 15.3 Å². The number of likely N-dealkylation sites (N-methyl/N-ethyl adjacent to an activating group) is 1. The van der Waals surface area contributed by atoms with Crippen molar-refractivity contribution in [3.63, 3.8) is 0 Å². The molecule has 0 aromatic heterocycles. The Morgan fingerprint density at radius 1 is 1.29 bits per heavy atom. The molecule has 0 bridgehead atoms. The lowest BCUT2D eigenvalue weighted by atomic mass is 10.3. The molecule has 1 N–H and O–H groups in total. The van der Waals surface area contributed by atoms with Gasteiger partial charge in [0.15, 0.2) is 0 Å². The van der Waals surface area contributed by atoms with E-state index < -0.39 is 0 Å². The van der Waals surface area contributed by atoms with Crippen LogP contribution in [0.1, 0.15) is 6.92 Å². The summed E-state index contributed by atoms with van der Waals surface area (Å²) < 4.78 is 1.12. The Kier molecular flexibility index (Phi) is 4.98. The van der Waals surface area contributed by atoms with Crippen molar-refractivity contribution in [1.29, 1.82) is 0 Å². The maximum Gasteiger partial charge on any atom is 0.0341 e. The molecule has 3 heteroatoms. The highest BCUT2D eigenvalue weighted by molar-refractivity contribution is 9.10. The van der Waals surface area contributed by atoms with E-state index in [1.807, 2.05) is 12.1 Å². The monoisotopic (exact) mass is 256 g/mol. The van der Waals surface area contributed by atoms with Crippen LogP contribution in [-0.4, -0.2) is 31.6 Å². The maximum atomic E-state index is 3.41. The summed E-state index contributed by atoms with van der Waals surface area (Å²) in [5.74, 6) is 0. The van der Waals surface area contributed by atoms with Gasteiger partial charge < -0.3 is 10.2 Å². The van der Waals surface area contributed by atoms with E-state index >= 15 is 0 Å². The van der Waals surface area contributed by atoms with Gasteiger partial charge in [0.25, 0.3) is 0 Å². The molecule has 0 heterocycles. The van der Waals surface area contributed by atoms with Crippen molar-refractivity contribution in [2.24, 2.45) is 0 Å². The minimum atomic E-state index is 0.992. The molecule has 0 aliphatic rings. The van der Waals surface area contributed by atoms with Crippen LogP contribution < -0.4 is 5.32 Å². The smallest absolute Gasteiger partial charge is 0.0341 e. The van der Waals surface area contributed by atoms with E-state index in [-0.39, 0.29) is 0 Å². The summed E-state index contributed by atoms with van der Waals surface area (Å²) in [6.07, 6.45) is 0. The van der Waals surface area contributed by atoms with E-state index in [0.29, 0.717) is 0 Å². The molecule has 78 valence electrons. The Bertz CT molecular complexity index is 258. The van der Waals surface area contributed by atoms with Crippen molar-refractivity contribution in [3.05, 3.63) is 28.7 Å². The van der Waals surface area contributed by atoms with Gasteiger partial charge in [0.2, 0.25) is 0 Å². The molecule has 1 aromatic rings. The number of benzene rings is 1. The highest BCUT2D eigenvalue weighted by atomic mass is 79.9. The van der Waals surface area contributed by atoms with Gasteiger partial charge in [0.1, 0.15) is 0 Å². The summed E-state index contributed by atoms with van der Waals surface area (Å²) >= 11 is 3.41. The number of halogens is 1. The van der Waals surface area contributed by atoms with Gasteiger partial charge in [-0.25, -0.2) is 0 Å². The van der Waals surface area contributed by atoms with Crippen LogP contribution in [0.15, 0.2) is 28.7 Å². The predicted molar refractivity (Wildman–Crippen MR) is 65.8 cm³/mol. The van der Waals surface area contributed by atoms with Crippen LogP contribution >= 0.6 is 15.9 Å². The van der Waals surface area contributed by atoms with Crippen molar-refractivity contribution in [2.75, 3.05) is 32.0 Å². The zero-order valence-electron chi connectivity index (χ0n) is 8.76. The molecule has 1 aromatic carbocycles. The Morgan fingerprint density at radius 3 is 2.50 bits per heavy atom. The fourth-order valence-electron chi connectivity index (χ4n) is 1.12. The standard InChI is InChI=1S/C11H17BrN2/c1-3-14(2)9-8-13-11-6-4-10(12)5-7-11/h4-7,13H,3,8-9H2,1-2H3. The Labute approximate surface area is 94.4 Å². The first-order valence-corrected chi connectivity index (χ1v) is 5.69. The molecular weight excluding hydrogens is 240 g/mol. The number of hydrogen-bond acceptors (Lipinski definition) is 2. The molecule has 14 heavy (non-hydrogen) atoms. The van der Waals surface area contributed by atoms with Crippen LogP contribution in [-0.2, 0) is 0 Å². The first kappa shape index (κ1) is 11.5. The lowest BCUT2D eigenvalue weighted by Gasteiger charge is -2.14. The number of hydrogen-bond donors (Lipinski definition) is 1. The normalized spacial score (nSPS) is 10.6. The van der Waals surface area contributed by atoms with Crippen LogP contribution in [0.25, 0.3) is 0 Å². The van der Waals surface area contributed by atoms with Gasteiger partial charge in [-0.1, -0.05) is 22.9 Å². The summed E-state index contributed by atoms with van der Waals surface area (Å²) in [5.41, 5.74) is 1.18. The maximum absolute atomic E-state index is 3.41. The zero-order chi connectivity index (χ0) is 10.4. The van der Waals surface area contributed by atoms with Gasteiger partial charge in [0.05, 0.1) is 0 Å². The molecule has 0 saturated carbocycles. The van der Waals surface area contributed by atoms with Gasteiger partial charge in [-0.05, 0) is 37.9 Å². The molecule has 0 amide bonds. The third-order valence-corrected chi connectivity index (χ3v) is 2.74. The quantitative estimate of drug-likeness (QED) is 0.872. The van der Waals surface area contributed by atoms with Crippen LogP contribution in [0, 0.1) is 0 Å². The molecule has 0 saturated heterocycles. The molecule has 0 aliphatic heterocycles. The van der Waals surface area contributed by atoms with Crippen LogP contribution in [0.2, 0.25) is 0 Å². The molecule has 0 unspecified atom stereocenters. The lowest BCUT2D eigenvalue weighted by molar-refractivity contribution is 0.367. The molecule has 1 rings (SSSR count). The number of rotatable bonds is 5. The summed E-state index contributed by atoms with van der Waals surface area (Å²) in [7, 11) is 2.13. The highest BCUT2D eigenvalue weighted by Crippen LogP contribution is 2.13. The summed E-state index contributed by atoms with van der Waals surface area (Å²) in [5, 5.41) is 3.37. The van der Waals surface area contributed by atoms with Gasteiger partial charge >= 0.3 is 0 Å². The summed E-state index contributed by atoms with van der Waals surface area (Å²) in [6, 6.07) is 8.25. The lowest BCUT2D eigenvalue weighted by Crippen LogP contribution is -2.24. The van der Waals surface area contributed by atoms with Crippen molar-refractivity contribution >= 4 is 21.6 Å². The summed E-state index contributed by atoms with van der Waals surface area (Å²) in [6.45, 7) is 5.33. The first-order chi connectivity index (χ1) is 6.72. The van der Waals surface area contributed by atoms with Gasteiger partial charge in [-0.15, -0.1) is 0 Å². The van der Waals surface area contributed by atoms with E-state index in [0.717, 1.165) is 24.1 Å². The largest absolute Gasteiger partial charge is 0.384 e. The molecule has 0 aliphatic carbocycles. The second kappa shape index (κ2) is 6.04. The third kappa shape index (κ3) is 4.11. The number of nitrogens with one attached hydrogen (secondary N) is 1. The van der Waals surface area contributed by atoms with Crippen molar-refractivity contribution in [3.8, 4) is 0 Å². The molecule has 0 atom stereocenters. The minimum Gasteiger partial charge on any atom is -0.384 e. The summed E-state index contributed by atoms with van der Waals surface area (Å²) in [4.78, 5) is 2.28. The molecule has 2 nitrogen and oxygen atoms in total. The fraction of sp³-hybridized carbons (Fsp3) is 0.455. The minimum absolute atomic E-state index is 0.992. The van der Waals surface area contributed by atoms with E-state index in [9.17, 15) is 0 Å². The number of nitrogens with zero attached hydrogens (tertiary/aromatic N) is 1. The average molecular weight is 257 g/mol. The highest BCUT2D eigenvalue weighted by Gasteiger charge is 1.94. The first-order valence-electron chi connectivity index (χ1n) is 4.90. The third-order valence-electron chi connectivity index (χ3n) is 2.21. The van der Waals surface area contributed by atoms with Crippen LogP contribution in [0.3, 0.4) is 0 Å². The second-order valence-electron chi connectivity index (χ2n) is 3.33. The van der Waals surface area contributed by atoms with Crippen molar-refractivity contribution < 1.29 is 0 Å². The molecular formula is C11H17BrN2. The predicted octanol–water partition coefficient (Wildman–Crippen LogP) is 2.81. The fourth-order valence-corrected chi connectivity index (χ4v) is 1.38. The van der Waals surface area contributed by atoms with Crippen LogP contribution in [0.5, 0.6) is 0 Å². The van der Waals surface area contributed by atoms with Gasteiger partial charge in [-0.3, -0.25) is 0 Å². The zero-order valence-corrected chi connectivity index (χ0v) is 10.3.